The van der Waals surface area contributed by atoms with Gasteiger partial charge in [-0.1, -0.05) is 31.8 Å². The van der Waals surface area contributed by atoms with Crippen LogP contribution in [-0.4, -0.2) is 86.7 Å². The van der Waals surface area contributed by atoms with Crippen molar-refractivity contribution in [2.24, 2.45) is 19.1 Å². The summed E-state index contributed by atoms with van der Waals surface area (Å²) in [5.74, 6) is 0.627. The summed E-state index contributed by atoms with van der Waals surface area (Å²) < 4.78 is 12.3. The number of ether oxygens (including phenoxy) is 1. The van der Waals surface area contributed by atoms with Gasteiger partial charge in [-0.15, -0.1) is 12.4 Å². The van der Waals surface area contributed by atoms with E-state index in [2.05, 4.69) is 39.6 Å². The Bertz CT molecular complexity index is 2290. The van der Waals surface area contributed by atoms with Crippen molar-refractivity contribution in [2.75, 3.05) is 19.8 Å². The van der Waals surface area contributed by atoms with Gasteiger partial charge in [0.05, 0.1) is 42.4 Å². The number of aliphatic hydroxyl groups excluding tert-OH is 3. The molecular formula is C35H48ClN9O8Si. The first kappa shape index (κ1) is 43.6. The highest BCUT2D eigenvalue weighted by molar-refractivity contribution is 6.76. The highest BCUT2D eigenvalue weighted by atomic mass is 35.5. The van der Waals surface area contributed by atoms with E-state index in [0.717, 1.165) is 15.2 Å². The lowest BCUT2D eigenvalue weighted by Gasteiger charge is -2.16. The van der Waals surface area contributed by atoms with Crippen LogP contribution in [0.5, 0.6) is 0 Å². The number of aliphatic hydroxyl groups is 3. The van der Waals surface area contributed by atoms with Gasteiger partial charge < -0.3 is 20.1 Å². The summed E-state index contributed by atoms with van der Waals surface area (Å²) in [6, 6.07) is 11.6. The van der Waals surface area contributed by atoms with Crippen LogP contribution in [0.3, 0.4) is 0 Å². The van der Waals surface area contributed by atoms with E-state index in [9.17, 15) is 24.3 Å². The first-order valence-corrected chi connectivity index (χ1v) is 20.7. The monoisotopic (exact) mass is 785 g/mol. The molecule has 0 unspecified atom stereocenters. The van der Waals surface area contributed by atoms with Crippen LogP contribution in [0.4, 0.5) is 5.82 Å². The standard InChI is InChI=1S/C19H27N5O4Si.C14H14N4O3.C2H6O.ClH/c1-22-17-16(18(26)23(19(22)27)11-14-7-5-6-8-20-14)24(15(12-25)21-17)13-28-9-10-29(2,3)4;1-17-12-11(6-10(8-19)16-12)13(20)18(14(17)21)7-9-4-2-3-5-15-9;1-2-3;/h5-8,25H,9-13H2,1-4H3;2-5,19H,6-8H2,1H3;3H,2H2,1H3;1H. The zero-order chi connectivity index (χ0) is 38.9. The quantitative estimate of drug-likeness (QED) is 0.128. The molecule has 5 aromatic heterocycles. The minimum absolute atomic E-state index is 0. The lowest BCUT2D eigenvalue weighted by atomic mass is 10.2. The maximum absolute atomic E-state index is 13.2. The third-order valence-corrected chi connectivity index (χ3v) is 9.90. The Morgan fingerprint density at radius 3 is 1.85 bits per heavy atom. The van der Waals surface area contributed by atoms with Gasteiger partial charge >= 0.3 is 11.4 Å². The highest BCUT2D eigenvalue weighted by Crippen LogP contribution is 2.21. The molecule has 0 amide bonds. The van der Waals surface area contributed by atoms with Gasteiger partial charge in [0.25, 0.3) is 11.1 Å². The Balaban J connectivity index is 0.000000277. The molecule has 0 spiro atoms. The molecule has 292 valence electrons. The number of rotatable bonds is 11. The molecule has 1 aliphatic rings. The molecule has 6 rings (SSSR count). The lowest BCUT2D eigenvalue weighted by molar-refractivity contribution is 0.0843. The number of halogens is 1. The van der Waals surface area contributed by atoms with Crippen LogP contribution in [0.2, 0.25) is 25.7 Å². The van der Waals surface area contributed by atoms with Crippen molar-refractivity contribution in [3.05, 3.63) is 113 Å². The lowest BCUT2D eigenvalue weighted by Crippen LogP contribution is -2.40. The van der Waals surface area contributed by atoms with E-state index < -0.39 is 25.0 Å². The van der Waals surface area contributed by atoms with E-state index in [1.54, 1.807) is 74.4 Å². The maximum atomic E-state index is 13.2. The van der Waals surface area contributed by atoms with Crippen molar-refractivity contribution in [2.45, 2.75) is 65.5 Å². The zero-order valence-electron chi connectivity index (χ0n) is 31.3. The summed E-state index contributed by atoms with van der Waals surface area (Å²) >= 11 is 0. The molecule has 3 N–H and O–H groups in total. The van der Waals surface area contributed by atoms with E-state index in [0.29, 0.717) is 35.1 Å². The molecular weight excluding hydrogens is 738 g/mol. The predicted molar refractivity (Wildman–Crippen MR) is 210 cm³/mol. The number of aliphatic imine (C=N–C) groups is 1. The largest absolute Gasteiger partial charge is 0.397 e. The molecule has 17 nitrogen and oxygen atoms in total. The normalized spacial score (nSPS) is 11.9. The zero-order valence-corrected chi connectivity index (χ0v) is 33.1. The number of fused-ring (bicyclic) bond motifs is 2. The Morgan fingerprint density at radius 2 is 1.35 bits per heavy atom. The summed E-state index contributed by atoms with van der Waals surface area (Å²) in [5.41, 5.74) is 0.874. The molecule has 0 aliphatic carbocycles. The van der Waals surface area contributed by atoms with Gasteiger partial charge in [0.15, 0.2) is 11.2 Å². The number of nitrogens with zero attached hydrogens (tertiary/aromatic N) is 9. The summed E-state index contributed by atoms with van der Waals surface area (Å²) in [7, 11) is 1.88. The van der Waals surface area contributed by atoms with Crippen molar-refractivity contribution in [3.8, 4) is 0 Å². The molecule has 0 bridgehead atoms. The molecule has 54 heavy (non-hydrogen) atoms. The second-order valence-electron chi connectivity index (χ2n) is 13.4. The Kier molecular flexibility index (Phi) is 15.7. The van der Waals surface area contributed by atoms with Gasteiger partial charge in [-0.25, -0.2) is 19.6 Å². The van der Waals surface area contributed by atoms with Gasteiger partial charge in [0, 0.05) is 54.2 Å². The van der Waals surface area contributed by atoms with E-state index in [4.69, 9.17) is 14.9 Å². The summed E-state index contributed by atoms with van der Waals surface area (Å²) in [5, 5.41) is 26.4. The molecule has 5 aromatic rings. The van der Waals surface area contributed by atoms with Gasteiger partial charge in [0.1, 0.15) is 25.0 Å². The fraction of sp³-hybridized carbons (Fsp3) is 0.429. The van der Waals surface area contributed by atoms with E-state index in [-0.39, 0.29) is 81.0 Å². The van der Waals surface area contributed by atoms with E-state index in [1.807, 2.05) is 0 Å². The van der Waals surface area contributed by atoms with Crippen LogP contribution in [0.15, 0.2) is 73.0 Å². The smallest absolute Gasteiger partial charge is 0.332 e. The number of aromatic nitrogens is 8. The van der Waals surface area contributed by atoms with Crippen molar-refractivity contribution in [3.63, 3.8) is 0 Å². The molecule has 0 atom stereocenters. The van der Waals surface area contributed by atoms with Gasteiger partial charge in [0.2, 0.25) is 0 Å². The summed E-state index contributed by atoms with van der Waals surface area (Å²) in [6.07, 6.45) is 3.51. The van der Waals surface area contributed by atoms with Gasteiger partial charge in [-0.2, -0.15) is 0 Å². The van der Waals surface area contributed by atoms with Crippen molar-refractivity contribution >= 4 is 43.2 Å². The molecule has 0 aromatic carbocycles. The first-order chi connectivity index (χ1) is 25.3. The Morgan fingerprint density at radius 1 is 0.796 bits per heavy atom. The Labute approximate surface area is 317 Å². The average molecular weight is 786 g/mol. The topological polar surface area (TPSA) is 214 Å². The number of hydrogen-bond acceptors (Lipinski definition) is 12. The predicted octanol–water partition coefficient (Wildman–Crippen LogP) is 1.18. The van der Waals surface area contributed by atoms with Crippen LogP contribution < -0.4 is 22.5 Å². The van der Waals surface area contributed by atoms with Crippen LogP contribution in [0, 0.1) is 0 Å². The molecule has 0 radical (unpaired) electrons. The summed E-state index contributed by atoms with van der Waals surface area (Å²) in [6.45, 7) is 8.95. The molecule has 0 saturated carbocycles. The number of imidazole rings is 1. The first-order valence-electron chi connectivity index (χ1n) is 17.0. The molecule has 1 aliphatic heterocycles. The molecule has 0 fully saturated rings. The fourth-order valence-electron chi connectivity index (χ4n) is 5.40. The summed E-state index contributed by atoms with van der Waals surface area (Å²) in [4.78, 5) is 67.5. The third kappa shape index (κ3) is 10.2. The van der Waals surface area contributed by atoms with Crippen LogP contribution >= 0.6 is 12.4 Å². The van der Waals surface area contributed by atoms with Crippen LogP contribution in [-0.2, 0) is 51.7 Å². The highest BCUT2D eigenvalue weighted by Gasteiger charge is 2.24. The van der Waals surface area contributed by atoms with E-state index >= 15 is 0 Å². The van der Waals surface area contributed by atoms with Crippen molar-refractivity contribution in [1.29, 1.82) is 0 Å². The Hall–Kier alpha value is -4.85. The minimum atomic E-state index is -1.25. The number of hydrogen-bond donors (Lipinski definition) is 3. The van der Waals surface area contributed by atoms with Gasteiger partial charge in [-0.05, 0) is 37.2 Å². The number of pyridine rings is 2. The average Bonchev–Trinajstić information content (AvgIpc) is 3.76. The SMILES string of the molecule is CCO.Cl.Cn1c(=O)n(Cc2ccccn2)c(=O)c2c1nc(CO)n2COCC[Si](C)(C)C.Cn1c2c(c(=O)n(Cc3ccccn3)c1=O)CC(CO)=N2. The van der Waals surface area contributed by atoms with Gasteiger partial charge in [-0.3, -0.25) is 42.4 Å². The third-order valence-electron chi connectivity index (χ3n) is 8.20. The van der Waals surface area contributed by atoms with Crippen LogP contribution in [0.25, 0.3) is 11.2 Å². The van der Waals surface area contributed by atoms with E-state index in [1.165, 1.54) is 9.13 Å². The van der Waals surface area contributed by atoms with Crippen LogP contribution in [0.1, 0.15) is 29.7 Å². The maximum Gasteiger partial charge on any atom is 0.332 e. The van der Waals surface area contributed by atoms with Crippen molar-refractivity contribution < 1.29 is 20.1 Å². The molecule has 0 saturated heterocycles. The van der Waals surface area contributed by atoms with Crippen molar-refractivity contribution in [1.82, 2.24) is 37.8 Å². The second-order valence-corrected chi connectivity index (χ2v) is 19.0. The molecule has 19 heteroatoms. The second kappa shape index (κ2) is 19.5. The number of aryl methyl sites for hydroxylation is 1. The fourth-order valence-corrected chi connectivity index (χ4v) is 6.15. The minimum Gasteiger partial charge on any atom is -0.397 e. The molecule has 6 heterocycles.